The van der Waals surface area contributed by atoms with Crippen molar-refractivity contribution in [2.75, 3.05) is 17.3 Å². The van der Waals surface area contributed by atoms with E-state index in [-0.39, 0.29) is 0 Å². The minimum atomic E-state index is -4.16. The number of rotatable bonds is 27. The Morgan fingerprint density at radius 1 is 0.442 bits per heavy atom. The summed E-state index contributed by atoms with van der Waals surface area (Å²) >= 11 is 9.01. The number of hydrogen-bond donors (Lipinski definition) is 3. The van der Waals surface area contributed by atoms with Crippen molar-refractivity contribution in [1.82, 2.24) is 0 Å². The zero-order valence-electron chi connectivity index (χ0n) is 28.0. The normalized spacial score (nSPS) is 13.9. The van der Waals surface area contributed by atoms with E-state index in [1.54, 1.807) is 0 Å². The van der Waals surface area contributed by atoms with E-state index in [9.17, 15) is 14.4 Å². The maximum atomic E-state index is 13.2. The Bertz CT molecular complexity index is 642. The van der Waals surface area contributed by atoms with Crippen LogP contribution in [-0.4, -0.2) is 56.2 Å². The molecule has 0 amide bonds. The van der Waals surface area contributed by atoms with Gasteiger partial charge in [0, 0.05) is 0 Å². The van der Waals surface area contributed by atoms with Gasteiger partial charge in [-0.05, 0) is 0 Å². The van der Waals surface area contributed by atoms with Gasteiger partial charge in [-0.25, -0.2) is 0 Å². The molecule has 6 nitrogen and oxygen atoms in total. The van der Waals surface area contributed by atoms with Gasteiger partial charge in [0.2, 0.25) is 0 Å². The van der Waals surface area contributed by atoms with E-state index < -0.39 is 56.7 Å². The van der Waals surface area contributed by atoms with Crippen LogP contribution in [0.15, 0.2) is 0 Å². The molecule has 10 heteroatoms. The molecule has 0 aliphatic rings. The molecule has 3 atom stereocenters. The van der Waals surface area contributed by atoms with E-state index in [0.29, 0.717) is 54.3 Å². The predicted molar refractivity (Wildman–Crippen MR) is 190 cm³/mol. The predicted octanol–water partition coefficient (Wildman–Crippen LogP) is 9.06. The molecule has 0 aromatic carbocycles. The second-order valence-electron chi connectivity index (χ2n) is 13.2. The zero-order valence-corrected chi connectivity index (χ0v) is 33.5. The Labute approximate surface area is 289 Å². The summed E-state index contributed by atoms with van der Waals surface area (Å²) in [6.45, 7) is 13.2. The fraction of sp³-hybridized carbons (Fsp3) is 0.909. The van der Waals surface area contributed by atoms with Gasteiger partial charge in [0.05, 0.1) is 0 Å². The van der Waals surface area contributed by atoms with Crippen LogP contribution in [-0.2, 0) is 23.6 Å². The standard InChI is InChI=1S/3C11H22O2S.Sn/c3*1-9(2)6-4-3-5-7-10(8-14)11(12)13;/h3*9-10,14H,3-8H2,1-2H3,(H,12,13);/q;;;+3/p-3. The van der Waals surface area contributed by atoms with E-state index >= 15 is 0 Å². The van der Waals surface area contributed by atoms with Gasteiger partial charge in [-0.2, -0.15) is 0 Å². The van der Waals surface area contributed by atoms with Crippen LogP contribution in [0.25, 0.3) is 0 Å². The summed E-state index contributed by atoms with van der Waals surface area (Å²) < 4.78 is 17.2. The number of hydrogen-bond acceptors (Lipinski definition) is 9. The Hall–Kier alpha value is 0.259. The van der Waals surface area contributed by atoms with Crippen LogP contribution >= 0.6 is 37.9 Å². The van der Waals surface area contributed by atoms with Crippen LogP contribution in [0.4, 0.5) is 0 Å². The first kappa shape index (κ1) is 43.3. The molecule has 0 spiro atoms. The molecule has 3 unspecified atom stereocenters. The minimum absolute atomic E-state index is 0.326. The van der Waals surface area contributed by atoms with E-state index in [4.69, 9.17) is 9.22 Å². The van der Waals surface area contributed by atoms with Crippen molar-refractivity contribution in [3.05, 3.63) is 0 Å². The number of thiol groups is 3. The average Bonchev–Trinajstić information content (AvgIpc) is 2.93. The second kappa shape index (κ2) is 27.4. The van der Waals surface area contributed by atoms with E-state index in [0.717, 1.165) is 77.0 Å². The third kappa shape index (κ3) is 23.3. The molecule has 0 heterocycles. The summed E-state index contributed by atoms with van der Waals surface area (Å²) in [6.07, 6.45) is 14.5. The van der Waals surface area contributed by atoms with Crippen LogP contribution in [0.2, 0.25) is 0 Å². The van der Waals surface area contributed by atoms with Gasteiger partial charge >= 0.3 is 291 Å². The van der Waals surface area contributed by atoms with Crippen molar-refractivity contribution < 1.29 is 23.6 Å². The summed E-state index contributed by atoms with van der Waals surface area (Å²) in [5, 5.41) is 0. The number of carbonyl (C=O) groups is 3. The first-order valence-corrected chi connectivity index (χ1v) is 22.2. The molecule has 0 fully saturated rings. The van der Waals surface area contributed by atoms with Crippen LogP contribution in [0, 0.1) is 35.5 Å². The van der Waals surface area contributed by atoms with Gasteiger partial charge < -0.3 is 0 Å². The summed E-state index contributed by atoms with van der Waals surface area (Å²) in [5.41, 5.74) is 0. The van der Waals surface area contributed by atoms with Gasteiger partial charge in [-0.3, -0.25) is 0 Å². The van der Waals surface area contributed by atoms with Crippen molar-refractivity contribution in [3.8, 4) is 0 Å². The van der Waals surface area contributed by atoms with Gasteiger partial charge in [0.25, 0.3) is 0 Å². The summed E-state index contributed by atoms with van der Waals surface area (Å²) in [5.74, 6) is 0.204. The second-order valence-corrected chi connectivity index (χ2v) is 17.5. The molecule has 0 aromatic rings. The SMILES string of the molecule is CC(C)CCCCCC(CS)C(=O)[O][Sn]([O]C(=O)C(CS)CCCCCC(C)C)[O]C(=O)C(CS)CCCCCC(C)C. The molecule has 0 saturated carbocycles. The van der Waals surface area contributed by atoms with Crippen LogP contribution in [0.3, 0.4) is 0 Å². The van der Waals surface area contributed by atoms with Gasteiger partial charge in [-0.1, -0.05) is 0 Å². The Balaban J connectivity index is 5.33. The molecule has 0 rings (SSSR count). The topological polar surface area (TPSA) is 78.9 Å². The number of unbranched alkanes of at least 4 members (excludes halogenated alkanes) is 6. The first-order valence-electron chi connectivity index (χ1n) is 16.8. The molecular weight excluding hydrogens is 707 g/mol. The molecule has 0 saturated heterocycles. The molecular formula is C33H63O6S3Sn. The Kier molecular flexibility index (Phi) is 27.5. The summed E-state index contributed by atoms with van der Waals surface area (Å²) in [4.78, 5) is 39.5. The molecule has 0 aliphatic carbocycles. The number of carbonyl (C=O) groups excluding carboxylic acids is 3. The van der Waals surface area contributed by atoms with Crippen LogP contribution in [0.1, 0.15) is 138 Å². The summed E-state index contributed by atoms with van der Waals surface area (Å²) in [7, 11) is 0. The zero-order chi connectivity index (χ0) is 32.6. The van der Waals surface area contributed by atoms with Crippen molar-refractivity contribution >= 4 is 76.8 Å². The van der Waals surface area contributed by atoms with Crippen LogP contribution in [0.5, 0.6) is 0 Å². The third-order valence-electron chi connectivity index (χ3n) is 7.72. The molecule has 253 valence electrons. The summed E-state index contributed by atoms with van der Waals surface area (Å²) in [6, 6.07) is 0. The molecule has 1 radical (unpaired) electrons. The monoisotopic (exact) mass is 771 g/mol. The molecule has 0 aliphatic heterocycles. The molecule has 0 bridgehead atoms. The molecule has 43 heavy (non-hydrogen) atoms. The maximum absolute atomic E-state index is 13.2. The van der Waals surface area contributed by atoms with Gasteiger partial charge in [0.1, 0.15) is 0 Å². The van der Waals surface area contributed by atoms with Crippen molar-refractivity contribution in [3.63, 3.8) is 0 Å². The molecule has 0 N–H and O–H groups in total. The van der Waals surface area contributed by atoms with E-state index in [1.807, 2.05) is 0 Å². The van der Waals surface area contributed by atoms with Crippen LogP contribution < -0.4 is 0 Å². The van der Waals surface area contributed by atoms with Crippen molar-refractivity contribution in [2.24, 2.45) is 35.5 Å². The van der Waals surface area contributed by atoms with Gasteiger partial charge in [-0.15, -0.1) is 0 Å². The fourth-order valence-electron chi connectivity index (χ4n) is 4.77. The quantitative estimate of drug-likeness (QED) is 0.0440. The fourth-order valence-corrected chi connectivity index (χ4v) is 8.96. The molecule has 0 aromatic heterocycles. The van der Waals surface area contributed by atoms with Crippen molar-refractivity contribution in [2.45, 2.75) is 138 Å². The Morgan fingerprint density at radius 2 is 0.674 bits per heavy atom. The van der Waals surface area contributed by atoms with Crippen molar-refractivity contribution in [1.29, 1.82) is 0 Å². The third-order valence-corrected chi connectivity index (χ3v) is 12.2. The van der Waals surface area contributed by atoms with E-state index in [2.05, 4.69) is 79.4 Å². The Morgan fingerprint density at radius 3 is 0.884 bits per heavy atom. The average molecular weight is 771 g/mol. The first-order chi connectivity index (χ1) is 20.4. The van der Waals surface area contributed by atoms with E-state index in [1.165, 1.54) is 0 Å². The van der Waals surface area contributed by atoms with Gasteiger partial charge in [0.15, 0.2) is 0 Å².